The number of halogens is 1. The SMILES string of the molecule is O[C@H]1CC2(CCCSC2)Oc2cc(F)ccc21. The lowest BCUT2D eigenvalue weighted by atomic mass is 9.86. The molecule has 2 nitrogen and oxygen atoms in total. The maximum absolute atomic E-state index is 13.2. The third-order valence-electron chi connectivity index (χ3n) is 3.51. The highest BCUT2D eigenvalue weighted by Crippen LogP contribution is 2.45. The molecule has 2 heterocycles. The molecule has 1 spiro atoms. The molecule has 2 aliphatic heterocycles. The molecule has 0 amide bonds. The Kier molecular flexibility index (Phi) is 2.79. The fraction of sp³-hybridized carbons (Fsp3) is 0.538. The van der Waals surface area contributed by atoms with E-state index in [-0.39, 0.29) is 11.4 Å². The Labute approximate surface area is 104 Å². The van der Waals surface area contributed by atoms with Gasteiger partial charge in [-0.3, -0.25) is 0 Å². The minimum absolute atomic E-state index is 0.289. The first-order valence-electron chi connectivity index (χ1n) is 5.93. The van der Waals surface area contributed by atoms with Crippen LogP contribution >= 0.6 is 11.8 Å². The number of benzene rings is 1. The van der Waals surface area contributed by atoms with Crippen molar-refractivity contribution in [1.82, 2.24) is 0 Å². The highest BCUT2D eigenvalue weighted by Gasteiger charge is 2.41. The van der Waals surface area contributed by atoms with Crippen molar-refractivity contribution in [3.8, 4) is 5.75 Å². The van der Waals surface area contributed by atoms with E-state index in [2.05, 4.69) is 0 Å². The average molecular weight is 254 g/mol. The van der Waals surface area contributed by atoms with E-state index < -0.39 is 6.10 Å². The second-order valence-electron chi connectivity index (χ2n) is 4.84. The number of fused-ring (bicyclic) bond motifs is 1. The largest absolute Gasteiger partial charge is 0.486 e. The van der Waals surface area contributed by atoms with Gasteiger partial charge < -0.3 is 9.84 Å². The Morgan fingerprint density at radius 2 is 2.35 bits per heavy atom. The number of rotatable bonds is 0. The van der Waals surface area contributed by atoms with Crippen molar-refractivity contribution in [3.63, 3.8) is 0 Å². The van der Waals surface area contributed by atoms with Gasteiger partial charge in [-0.05, 0) is 30.7 Å². The molecule has 1 aromatic carbocycles. The Morgan fingerprint density at radius 3 is 3.12 bits per heavy atom. The molecule has 1 N–H and O–H groups in total. The van der Waals surface area contributed by atoms with Crippen LogP contribution in [-0.4, -0.2) is 22.2 Å². The van der Waals surface area contributed by atoms with Gasteiger partial charge in [-0.15, -0.1) is 0 Å². The van der Waals surface area contributed by atoms with Gasteiger partial charge in [0.2, 0.25) is 0 Å². The zero-order valence-electron chi connectivity index (χ0n) is 9.49. The van der Waals surface area contributed by atoms with Crippen LogP contribution in [0.3, 0.4) is 0 Å². The molecule has 2 atom stereocenters. The summed E-state index contributed by atoms with van der Waals surface area (Å²) in [6.45, 7) is 0. The number of ether oxygens (including phenoxy) is 1. The summed E-state index contributed by atoms with van der Waals surface area (Å²) in [4.78, 5) is 0. The number of hydrogen-bond donors (Lipinski definition) is 1. The van der Waals surface area contributed by atoms with Crippen LogP contribution < -0.4 is 4.74 Å². The number of aliphatic hydroxyl groups is 1. The summed E-state index contributed by atoms with van der Waals surface area (Å²) in [5.41, 5.74) is 0.427. The summed E-state index contributed by atoms with van der Waals surface area (Å²) in [7, 11) is 0. The summed E-state index contributed by atoms with van der Waals surface area (Å²) >= 11 is 1.85. The third kappa shape index (κ3) is 2.04. The van der Waals surface area contributed by atoms with Crippen LogP contribution in [0.4, 0.5) is 4.39 Å². The zero-order valence-corrected chi connectivity index (χ0v) is 10.3. The molecule has 3 rings (SSSR count). The van der Waals surface area contributed by atoms with Gasteiger partial charge in [-0.1, -0.05) is 0 Å². The quantitative estimate of drug-likeness (QED) is 0.772. The smallest absolute Gasteiger partial charge is 0.128 e. The lowest BCUT2D eigenvalue weighted by Crippen LogP contribution is -2.45. The molecular weight excluding hydrogens is 239 g/mol. The van der Waals surface area contributed by atoms with E-state index in [1.54, 1.807) is 6.07 Å². The molecule has 1 unspecified atom stereocenters. The van der Waals surface area contributed by atoms with Crippen LogP contribution in [0.25, 0.3) is 0 Å². The minimum Gasteiger partial charge on any atom is -0.486 e. The van der Waals surface area contributed by atoms with Gasteiger partial charge in [0.25, 0.3) is 0 Å². The van der Waals surface area contributed by atoms with E-state index in [1.165, 1.54) is 12.1 Å². The molecule has 17 heavy (non-hydrogen) atoms. The summed E-state index contributed by atoms with van der Waals surface area (Å²) in [6.07, 6.45) is 2.14. The van der Waals surface area contributed by atoms with E-state index in [0.29, 0.717) is 17.7 Å². The van der Waals surface area contributed by atoms with E-state index in [4.69, 9.17) is 4.74 Å². The second kappa shape index (κ2) is 4.18. The topological polar surface area (TPSA) is 29.5 Å². The molecule has 1 aromatic rings. The maximum Gasteiger partial charge on any atom is 0.128 e. The summed E-state index contributed by atoms with van der Waals surface area (Å²) in [5, 5.41) is 10.2. The third-order valence-corrected chi connectivity index (χ3v) is 4.82. The first-order valence-corrected chi connectivity index (χ1v) is 7.08. The van der Waals surface area contributed by atoms with Crippen LogP contribution in [0, 0.1) is 5.82 Å². The van der Waals surface area contributed by atoms with Gasteiger partial charge in [0, 0.05) is 23.8 Å². The van der Waals surface area contributed by atoms with Crippen molar-refractivity contribution in [2.24, 2.45) is 0 Å². The molecule has 0 aliphatic carbocycles. The lowest BCUT2D eigenvalue weighted by molar-refractivity contribution is -0.00580. The van der Waals surface area contributed by atoms with E-state index >= 15 is 0 Å². The molecule has 2 aliphatic rings. The first-order chi connectivity index (χ1) is 8.19. The van der Waals surface area contributed by atoms with Crippen molar-refractivity contribution in [2.75, 3.05) is 11.5 Å². The summed E-state index contributed by atoms with van der Waals surface area (Å²) < 4.78 is 19.2. The Balaban J connectivity index is 1.95. The van der Waals surface area contributed by atoms with Crippen molar-refractivity contribution in [1.29, 1.82) is 0 Å². The van der Waals surface area contributed by atoms with Crippen molar-refractivity contribution < 1.29 is 14.2 Å². The summed E-state index contributed by atoms with van der Waals surface area (Å²) in [6, 6.07) is 4.38. The number of aliphatic hydroxyl groups excluding tert-OH is 1. The molecule has 1 saturated heterocycles. The van der Waals surface area contributed by atoms with Crippen molar-refractivity contribution in [2.45, 2.75) is 31.0 Å². The molecule has 0 saturated carbocycles. The van der Waals surface area contributed by atoms with Crippen LogP contribution in [0.5, 0.6) is 5.75 Å². The Morgan fingerprint density at radius 1 is 1.47 bits per heavy atom. The van der Waals surface area contributed by atoms with Crippen LogP contribution in [0.15, 0.2) is 18.2 Å². The van der Waals surface area contributed by atoms with E-state index in [9.17, 15) is 9.50 Å². The minimum atomic E-state index is -0.530. The predicted octanol–water partition coefficient (Wildman–Crippen LogP) is 2.91. The Bertz CT molecular complexity index is 429. The van der Waals surface area contributed by atoms with E-state index in [0.717, 1.165) is 24.3 Å². The average Bonchev–Trinajstić information content (AvgIpc) is 2.29. The molecule has 4 heteroatoms. The number of thioether (sulfide) groups is 1. The first kappa shape index (κ1) is 11.4. The monoisotopic (exact) mass is 254 g/mol. The molecular formula is C13H15FO2S. The van der Waals surface area contributed by atoms with Crippen LogP contribution in [0.2, 0.25) is 0 Å². The summed E-state index contributed by atoms with van der Waals surface area (Å²) in [5.74, 6) is 2.25. The predicted molar refractivity (Wildman–Crippen MR) is 65.9 cm³/mol. The Hall–Kier alpha value is -0.740. The molecule has 92 valence electrons. The normalized spacial score (nSPS) is 32.0. The van der Waals surface area contributed by atoms with Crippen LogP contribution in [0.1, 0.15) is 30.9 Å². The van der Waals surface area contributed by atoms with Gasteiger partial charge in [-0.2, -0.15) is 11.8 Å². The van der Waals surface area contributed by atoms with Crippen molar-refractivity contribution >= 4 is 11.8 Å². The maximum atomic E-state index is 13.2. The molecule has 0 bridgehead atoms. The van der Waals surface area contributed by atoms with Crippen molar-refractivity contribution in [3.05, 3.63) is 29.6 Å². The van der Waals surface area contributed by atoms with E-state index in [1.807, 2.05) is 11.8 Å². The fourth-order valence-electron chi connectivity index (χ4n) is 2.68. The molecule has 0 aromatic heterocycles. The lowest BCUT2D eigenvalue weighted by Gasteiger charge is -2.42. The second-order valence-corrected chi connectivity index (χ2v) is 5.95. The fourth-order valence-corrected chi connectivity index (χ4v) is 3.86. The zero-order chi connectivity index (χ0) is 11.9. The van der Waals surface area contributed by atoms with Gasteiger partial charge >= 0.3 is 0 Å². The van der Waals surface area contributed by atoms with Gasteiger partial charge in [0.05, 0.1) is 6.10 Å². The molecule has 1 fully saturated rings. The highest BCUT2D eigenvalue weighted by molar-refractivity contribution is 7.99. The van der Waals surface area contributed by atoms with Gasteiger partial charge in [-0.25, -0.2) is 4.39 Å². The van der Waals surface area contributed by atoms with Gasteiger partial charge in [0.15, 0.2) is 0 Å². The van der Waals surface area contributed by atoms with Crippen LogP contribution in [-0.2, 0) is 0 Å². The standard InChI is InChI=1S/C13H15FO2S/c14-9-2-3-10-11(15)7-13(16-12(10)6-9)4-1-5-17-8-13/h2-3,6,11,15H,1,4-5,7-8H2/t11-,13?/m0/s1. The number of hydrogen-bond acceptors (Lipinski definition) is 3. The molecule has 0 radical (unpaired) electrons. The highest BCUT2D eigenvalue weighted by atomic mass is 32.2. The van der Waals surface area contributed by atoms with Gasteiger partial charge in [0.1, 0.15) is 17.2 Å².